The third-order valence-electron chi connectivity index (χ3n) is 2.80. The minimum Gasteiger partial charge on any atom is -0.356 e. The van der Waals surface area contributed by atoms with E-state index in [0.717, 1.165) is 7.05 Å². The van der Waals surface area contributed by atoms with E-state index in [0.29, 0.717) is 11.4 Å². The Labute approximate surface area is 169 Å². The van der Waals surface area contributed by atoms with Crippen LogP contribution in [0.5, 0.6) is 0 Å². The number of hydrogen-bond donors (Lipinski definition) is 2. The van der Waals surface area contributed by atoms with Crippen molar-refractivity contribution < 1.29 is 22.8 Å². The average molecular weight is 495 g/mol. The summed E-state index contributed by atoms with van der Waals surface area (Å²) in [5, 5.41) is 5.69. The molecular weight excluding hydrogens is 466 g/mol. The molecule has 2 N–H and O–H groups in total. The van der Waals surface area contributed by atoms with Crippen molar-refractivity contribution in [3.63, 3.8) is 0 Å². The van der Waals surface area contributed by atoms with Gasteiger partial charge in [0.1, 0.15) is 13.1 Å². The standard InChI is InChI=1S/C15H28F3N5O2.HI/c1-7-19-13(22(5)9-11(24)21-14(2,3)4)20-8-12(25)23(6)10-15(16,17)18;/h7-10H2,1-6H3,(H,19,20)(H,21,24);1H. The first kappa shape index (κ1) is 27.0. The van der Waals surface area contributed by atoms with E-state index in [9.17, 15) is 22.8 Å². The third-order valence-corrected chi connectivity index (χ3v) is 2.80. The molecule has 0 aromatic heterocycles. The van der Waals surface area contributed by atoms with Gasteiger partial charge in [0.25, 0.3) is 0 Å². The van der Waals surface area contributed by atoms with Crippen molar-refractivity contribution in [2.24, 2.45) is 4.99 Å². The molecule has 26 heavy (non-hydrogen) atoms. The van der Waals surface area contributed by atoms with Crippen molar-refractivity contribution in [2.45, 2.75) is 39.4 Å². The second kappa shape index (κ2) is 11.4. The first-order valence-corrected chi connectivity index (χ1v) is 7.86. The lowest BCUT2D eigenvalue weighted by atomic mass is 10.1. The summed E-state index contributed by atoms with van der Waals surface area (Å²) in [6.07, 6.45) is -4.46. The number of nitrogens with zero attached hydrogens (tertiary/aromatic N) is 3. The molecular formula is C15H29F3IN5O2. The van der Waals surface area contributed by atoms with Gasteiger partial charge >= 0.3 is 6.18 Å². The number of hydrogen-bond acceptors (Lipinski definition) is 3. The molecule has 0 aliphatic heterocycles. The Bertz CT molecular complexity index is 493. The zero-order valence-corrected chi connectivity index (χ0v) is 18.4. The van der Waals surface area contributed by atoms with Crippen LogP contribution < -0.4 is 10.6 Å². The van der Waals surface area contributed by atoms with Crippen molar-refractivity contribution in [1.82, 2.24) is 20.4 Å². The van der Waals surface area contributed by atoms with Gasteiger partial charge in [-0.15, -0.1) is 24.0 Å². The predicted molar refractivity (Wildman–Crippen MR) is 106 cm³/mol. The summed E-state index contributed by atoms with van der Waals surface area (Å²) < 4.78 is 36.9. The molecule has 154 valence electrons. The highest BCUT2D eigenvalue weighted by molar-refractivity contribution is 14.0. The van der Waals surface area contributed by atoms with Gasteiger partial charge in [-0.25, -0.2) is 4.99 Å². The van der Waals surface area contributed by atoms with E-state index in [4.69, 9.17) is 0 Å². The Hall–Kier alpha value is -1.27. The lowest BCUT2D eigenvalue weighted by Gasteiger charge is -2.25. The van der Waals surface area contributed by atoms with Crippen LogP contribution in [0.2, 0.25) is 0 Å². The number of likely N-dealkylation sites (N-methyl/N-ethyl adjacent to an activating group) is 2. The number of rotatable bonds is 6. The minimum absolute atomic E-state index is 0. The zero-order chi connectivity index (χ0) is 19.8. The molecule has 0 saturated carbocycles. The maximum atomic E-state index is 12.3. The van der Waals surface area contributed by atoms with Crippen LogP contribution in [0.3, 0.4) is 0 Å². The van der Waals surface area contributed by atoms with Crippen molar-refractivity contribution in [3.05, 3.63) is 0 Å². The number of carbonyl (C=O) groups excluding carboxylic acids is 2. The van der Waals surface area contributed by atoms with Gasteiger partial charge in [0.2, 0.25) is 11.8 Å². The lowest BCUT2D eigenvalue weighted by Crippen LogP contribution is -2.49. The van der Waals surface area contributed by atoms with Crippen LogP contribution in [-0.4, -0.2) is 79.6 Å². The highest BCUT2D eigenvalue weighted by Crippen LogP contribution is 2.15. The molecule has 0 bridgehead atoms. The number of alkyl halides is 3. The summed E-state index contributed by atoms with van der Waals surface area (Å²) in [6, 6.07) is 0. The van der Waals surface area contributed by atoms with Crippen LogP contribution >= 0.6 is 24.0 Å². The van der Waals surface area contributed by atoms with Gasteiger partial charge in [0.15, 0.2) is 5.96 Å². The van der Waals surface area contributed by atoms with Gasteiger partial charge in [-0.05, 0) is 27.7 Å². The normalized spacial score (nSPS) is 12.1. The Morgan fingerprint density at radius 3 is 2.04 bits per heavy atom. The molecule has 0 spiro atoms. The van der Waals surface area contributed by atoms with E-state index in [1.54, 1.807) is 14.0 Å². The van der Waals surface area contributed by atoms with Gasteiger partial charge in [-0.2, -0.15) is 13.2 Å². The monoisotopic (exact) mass is 495 g/mol. The Balaban J connectivity index is 0. The highest BCUT2D eigenvalue weighted by Gasteiger charge is 2.31. The third kappa shape index (κ3) is 13.0. The zero-order valence-electron chi connectivity index (χ0n) is 16.0. The molecule has 0 aliphatic rings. The van der Waals surface area contributed by atoms with E-state index < -0.39 is 25.2 Å². The van der Waals surface area contributed by atoms with Crippen molar-refractivity contribution in [1.29, 1.82) is 0 Å². The fourth-order valence-corrected chi connectivity index (χ4v) is 1.84. The molecule has 7 nitrogen and oxygen atoms in total. The second-order valence-electron chi connectivity index (χ2n) is 6.69. The number of carbonyl (C=O) groups is 2. The topological polar surface area (TPSA) is 77.0 Å². The molecule has 0 unspecified atom stereocenters. The van der Waals surface area contributed by atoms with Crippen molar-refractivity contribution in [2.75, 3.05) is 40.3 Å². The average Bonchev–Trinajstić information content (AvgIpc) is 2.38. The summed E-state index contributed by atoms with van der Waals surface area (Å²) in [7, 11) is 2.67. The molecule has 0 aliphatic carbocycles. The summed E-state index contributed by atoms with van der Waals surface area (Å²) >= 11 is 0. The molecule has 0 rings (SSSR count). The van der Waals surface area contributed by atoms with Gasteiger partial charge in [0.05, 0.1) is 6.54 Å². The molecule has 0 atom stereocenters. The van der Waals surface area contributed by atoms with Crippen LogP contribution in [0.4, 0.5) is 13.2 Å². The number of amides is 2. The van der Waals surface area contributed by atoms with E-state index in [1.807, 2.05) is 20.8 Å². The SMILES string of the molecule is CCNC(=NCC(=O)N(C)CC(F)(F)F)N(C)CC(=O)NC(C)(C)C.I. The molecule has 0 aromatic carbocycles. The van der Waals surface area contributed by atoms with E-state index >= 15 is 0 Å². The first-order chi connectivity index (χ1) is 11.2. The van der Waals surface area contributed by atoms with Crippen molar-refractivity contribution >= 4 is 41.8 Å². The van der Waals surface area contributed by atoms with Gasteiger partial charge in [0, 0.05) is 26.2 Å². The molecule has 0 heterocycles. The Kier molecular flexibility index (Phi) is 11.9. The van der Waals surface area contributed by atoms with Crippen molar-refractivity contribution in [3.8, 4) is 0 Å². The maximum absolute atomic E-state index is 12.3. The molecule has 11 heteroatoms. The Morgan fingerprint density at radius 2 is 1.62 bits per heavy atom. The van der Waals surface area contributed by atoms with Crippen LogP contribution in [0, 0.1) is 0 Å². The number of aliphatic imine (C=N–C) groups is 1. The predicted octanol–water partition coefficient (Wildman–Crippen LogP) is 1.44. The van der Waals surface area contributed by atoms with E-state index in [1.165, 1.54) is 4.90 Å². The summed E-state index contributed by atoms with van der Waals surface area (Å²) in [6.45, 7) is 6.04. The van der Waals surface area contributed by atoms with Crippen LogP contribution in [0.1, 0.15) is 27.7 Å². The number of halogens is 4. The molecule has 0 aromatic rings. The summed E-state index contributed by atoms with van der Waals surface area (Å²) in [5.74, 6) is -0.735. The molecule has 0 radical (unpaired) electrons. The highest BCUT2D eigenvalue weighted by atomic mass is 127. The summed E-state index contributed by atoms with van der Waals surface area (Å²) in [5.41, 5.74) is -0.385. The van der Waals surface area contributed by atoms with E-state index in [-0.39, 0.29) is 47.9 Å². The largest absolute Gasteiger partial charge is 0.406 e. The van der Waals surface area contributed by atoms with Gasteiger partial charge < -0.3 is 20.4 Å². The number of nitrogens with one attached hydrogen (secondary N) is 2. The van der Waals surface area contributed by atoms with Crippen LogP contribution in [0.25, 0.3) is 0 Å². The molecule has 0 fully saturated rings. The first-order valence-electron chi connectivity index (χ1n) is 7.86. The fourth-order valence-electron chi connectivity index (χ4n) is 1.84. The summed E-state index contributed by atoms with van der Waals surface area (Å²) in [4.78, 5) is 29.8. The second-order valence-corrected chi connectivity index (χ2v) is 6.69. The lowest BCUT2D eigenvalue weighted by molar-refractivity contribution is -0.157. The smallest absolute Gasteiger partial charge is 0.356 e. The number of guanidine groups is 1. The van der Waals surface area contributed by atoms with Gasteiger partial charge in [-0.1, -0.05) is 0 Å². The van der Waals surface area contributed by atoms with Crippen LogP contribution in [0.15, 0.2) is 4.99 Å². The minimum atomic E-state index is -4.46. The fraction of sp³-hybridized carbons (Fsp3) is 0.800. The maximum Gasteiger partial charge on any atom is 0.406 e. The Morgan fingerprint density at radius 1 is 1.08 bits per heavy atom. The van der Waals surface area contributed by atoms with E-state index in [2.05, 4.69) is 15.6 Å². The van der Waals surface area contributed by atoms with Crippen LogP contribution in [-0.2, 0) is 9.59 Å². The quantitative estimate of drug-likeness (QED) is 0.332. The molecule has 0 saturated heterocycles. The molecule has 2 amide bonds. The van der Waals surface area contributed by atoms with Gasteiger partial charge in [-0.3, -0.25) is 9.59 Å².